The van der Waals surface area contributed by atoms with Gasteiger partial charge in [0, 0.05) is 52.0 Å². The van der Waals surface area contributed by atoms with E-state index in [2.05, 4.69) is 142 Å². The van der Waals surface area contributed by atoms with Gasteiger partial charge in [-0.25, -0.2) is 0 Å². The average Bonchev–Trinajstić information content (AvgIpc) is 2.94. The predicted octanol–water partition coefficient (Wildman–Crippen LogP) is 10.6. The summed E-state index contributed by atoms with van der Waals surface area (Å²) in [7, 11) is 0. The van der Waals surface area contributed by atoms with Crippen LogP contribution in [0.15, 0.2) is 24.3 Å². The molecule has 0 atom stereocenters. The number of hydrogen-bond acceptors (Lipinski definition) is 4. The Kier molecular flexibility index (Phi) is 13.0. The van der Waals surface area contributed by atoms with Gasteiger partial charge in [-0.2, -0.15) is 0 Å². The number of benzene rings is 1. The van der Waals surface area contributed by atoms with Crippen molar-refractivity contribution in [1.82, 2.24) is 15.5 Å². The summed E-state index contributed by atoms with van der Waals surface area (Å²) in [6.07, 6.45) is 14.8. The van der Waals surface area contributed by atoms with Crippen molar-refractivity contribution in [3.8, 4) is 0 Å². The molecule has 2 fully saturated rings. The van der Waals surface area contributed by atoms with Gasteiger partial charge in [0.15, 0.2) is 0 Å². The minimum Gasteiger partial charge on any atom is -0.368 e. The molecule has 0 spiro atoms. The lowest BCUT2D eigenvalue weighted by Gasteiger charge is -2.54. The predicted molar refractivity (Wildman–Crippen MR) is 205 cm³/mol. The highest BCUT2D eigenvalue weighted by Gasteiger charge is 2.44. The zero-order valence-corrected chi connectivity index (χ0v) is 33.3. The summed E-state index contributed by atoms with van der Waals surface area (Å²) in [5.41, 5.74) is 4.08. The highest BCUT2D eigenvalue weighted by Crippen LogP contribution is 2.39. The molecule has 2 aliphatic heterocycles. The number of anilines is 1. The van der Waals surface area contributed by atoms with Gasteiger partial charge in [-0.1, -0.05) is 59.6 Å². The quantitative estimate of drug-likeness (QED) is 0.176. The molecule has 1 aromatic carbocycles. The van der Waals surface area contributed by atoms with Gasteiger partial charge in [-0.3, -0.25) is 4.90 Å². The average molecular weight is 639 g/mol. The molecule has 4 nitrogen and oxygen atoms in total. The van der Waals surface area contributed by atoms with Crippen molar-refractivity contribution in [1.29, 1.82) is 0 Å². The Morgan fingerprint density at radius 1 is 0.630 bits per heavy atom. The van der Waals surface area contributed by atoms with E-state index in [0.717, 1.165) is 6.54 Å². The van der Waals surface area contributed by atoms with Gasteiger partial charge < -0.3 is 15.5 Å². The molecular formula is C42H78N4. The van der Waals surface area contributed by atoms with Gasteiger partial charge in [-0.15, -0.1) is 0 Å². The van der Waals surface area contributed by atoms with Gasteiger partial charge in [0.2, 0.25) is 0 Å². The molecule has 2 heterocycles. The summed E-state index contributed by atoms with van der Waals surface area (Å²) < 4.78 is 0. The molecule has 2 aliphatic rings. The molecule has 0 unspecified atom stereocenters. The molecule has 4 heteroatoms. The van der Waals surface area contributed by atoms with E-state index < -0.39 is 0 Å². The smallest absolute Gasteiger partial charge is 0.0371 e. The van der Waals surface area contributed by atoms with Crippen LogP contribution in [-0.4, -0.2) is 57.8 Å². The zero-order valence-electron chi connectivity index (χ0n) is 33.3. The third-order valence-corrected chi connectivity index (χ3v) is 12.4. The third-order valence-electron chi connectivity index (χ3n) is 12.4. The largest absolute Gasteiger partial charge is 0.368 e. The summed E-state index contributed by atoms with van der Waals surface area (Å²) in [4.78, 5) is 5.77. The van der Waals surface area contributed by atoms with E-state index in [-0.39, 0.29) is 33.1 Å². The van der Waals surface area contributed by atoms with Crippen molar-refractivity contribution in [3.05, 3.63) is 29.8 Å². The standard InChI is InChI=1S/C42H78N4/c1-15-41(13,16-2)33-24-23-25-34(28-33)45(35-29-37(5,6)43-38(7,8)30-35)26-21-19-20-22-27-46(42(14,17-3)18-4)36-31-39(9,10)44-40(11,12)32-36/h23-25,28,35-36,43-44H,15-22,26-27,29-32H2,1-14H3. The second-order valence-electron chi connectivity index (χ2n) is 18.7. The molecule has 0 amide bonds. The van der Waals surface area contributed by atoms with Crippen molar-refractivity contribution < 1.29 is 0 Å². The maximum Gasteiger partial charge on any atom is 0.0371 e. The molecule has 266 valence electrons. The molecule has 46 heavy (non-hydrogen) atoms. The van der Waals surface area contributed by atoms with Gasteiger partial charge in [0.25, 0.3) is 0 Å². The van der Waals surface area contributed by atoms with E-state index in [0.29, 0.717) is 12.1 Å². The molecule has 2 N–H and O–H groups in total. The zero-order chi connectivity index (χ0) is 34.6. The lowest BCUT2D eigenvalue weighted by molar-refractivity contribution is -0.00838. The number of nitrogens with one attached hydrogen (secondary N) is 2. The number of rotatable bonds is 16. The van der Waals surface area contributed by atoms with Crippen LogP contribution in [0.2, 0.25) is 0 Å². The molecule has 1 aromatic rings. The molecular weight excluding hydrogens is 560 g/mol. The minimum atomic E-state index is 0.135. The first-order valence-corrected chi connectivity index (χ1v) is 19.5. The van der Waals surface area contributed by atoms with Crippen molar-refractivity contribution >= 4 is 5.69 Å². The van der Waals surface area contributed by atoms with E-state index in [9.17, 15) is 0 Å². The monoisotopic (exact) mass is 639 g/mol. The summed E-state index contributed by atoms with van der Waals surface area (Å²) in [6, 6.07) is 10.8. The van der Waals surface area contributed by atoms with Gasteiger partial charge in [0.05, 0.1) is 0 Å². The Morgan fingerprint density at radius 2 is 1.09 bits per heavy atom. The van der Waals surface area contributed by atoms with Crippen molar-refractivity contribution in [2.45, 2.75) is 219 Å². The molecule has 0 saturated carbocycles. The first-order chi connectivity index (χ1) is 21.2. The SMILES string of the molecule is CCC(C)(CC)c1cccc(N(CCCCCCN(C2CC(C)(C)NC(C)(C)C2)C(C)(CC)CC)C2CC(C)(C)NC(C)(C)C2)c1. The van der Waals surface area contributed by atoms with Crippen LogP contribution < -0.4 is 15.5 Å². The number of piperidine rings is 2. The van der Waals surface area contributed by atoms with Crippen LogP contribution in [0.3, 0.4) is 0 Å². The van der Waals surface area contributed by atoms with Crippen LogP contribution in [0, 0.1) is 0 Å². The van der Waals surface area contributed by atoms with Crippen LogP contribution in [-0.2, 0) is 5.41 Å². The Balaban J connectivity index is 1.73. The normalized spacial score (nSPS) is 21.9. The second-order valence-corrected chi connectivity index (χ2v) is 18.7. The molecule has 0 radical (unpaired) electrons. The van der Waals surface area contributed by atoms with Crippen LogP contribution in [0.5, 0.6) is 0 Å². The number of unbranched alkanes of at least 4 members (excludes halogenated alkanes) is 3. The molecule has 0 aliphatic carbocycles. The van der Waals surface area contributed by atoms with Crippen LogP contribution in [0.1, 0.15) is 180 Å². The topological polar surface area (TPSA) is 30.5 Å². The van der Waals surface area contributed by atoms with Crippen LogP contribution >= 0.6 is 0 Å². The van der Waals surface area contributed by atoms with Crippen LogP contribution in [0.25, 0.3) is 0 Å². The van der Waals surface area contributed by atoms with Crippen molar-refractivity contribution in [3.63, 3.8) is 0 Å². The summed E-state index contributed by atoms with van der Waals surface area (Å²) >= 11 is 0. The summed E-state index contributed by atoms with van der Waals surface area (Å²) in [5.74, 6) is 0. The van der Waals surface area contributed by atoms with Gasteiger partial charge in [-0.05, 0) is 156 Å². The summed E-state index contributed by atoms with van der Waals surface area (Å²) in [6.45, 7) is 36.1. The molecule has 0 bridgehead atoms. The highest BCUT2D eigenvalue weighted by molar-refractivity contribution is 5.51. The Labute approximate surface area is 287 Å². The molecule has 3 rings (SSSR count). The van der Waals surface area contributed by atoms with Gasteiger partial charge >= 0.3 is 0 Å². The summed E-state index contributed by atoms with van der Waals surface area (Å²) in [5, 5.41) is 7.87. The maximum absolute atomic E-state index is 3.94. The van der Waals surface area contributed by atoms with Crippen molar-refractivity contribution in [2.24, 2.45) is 0 Å². The fourth-order valence-electron chi connectivity index (χ4n) is 9.69. The number of hydrogen-bond donors (Lipinski definition) is 2. The fraction of sp³-hybridized carbons (Fsp3) is 0.857. The lowest BCUT2D eigenvalue weighted by atomic mass is 9.77. The first kappa shape index (κ1) is 39.3. The Hall–Kier alpha value is -1.10. The maximum atomic E-state index is 3.94. The van der Waals surface area contributed by atoms with E-state index in [1.807, 2.05) is 0 Å². The Bertz CT molecular complexity index is 1040. The van der Waals surface area contributed by atoms with E-state index in [1.165, 1.54) is 94.8 Å². The molecule has 2 saturated heterocycles. The molecule has 0 aromatic heterocycles. The van der Waals surface area contributed by atoms with Crippen molar-refractivity contribution in [2.75, 3.05) is 18.0 Å². The van der Waals surface area contributed by atoms with E-state index >= 15 is 0 Å². The van der Waals surface area contributed by atoms with E-state index in [4.69, 9.17) is 0 Å². The first-order valence-electron chi connectivity index (χ1n) is 19.5. The highest BCUT2D eigenvalue weighted by atomic mass is 15.2. The van der Waals surface area contributed by atoms with Crippen LogP contribution in [0.4, 0.5) is 5.69 Å². The Morgan fingerprint density at radius 3 is 1.54 bits per heavy atom. The van der Waals surface area contributed by atoms with E-state index in [1.54, 1.807) is 0 Å². The fourth-order valence-corrected chi connectivity index (χ4v) is 9.69. The minimum absolute atomic E-state index is 0.135. The number of nitrogens with zero attached hydrogens (tertiary/aromatic N) is 2. The van der Waals surface area contributed by atoms with Gasteiger partial charge in [0.1, 0.15) is 0 Å². The lowest BCUT2D eigenvalue weighted by Crippen LogP contribution is -2.65. The second kappa shape index (κ2) is 15.2. The third kappa shape index (κ3) is 10.2.